The van der Waals surface area contributed by atoms with Crippen LogP contribution in [-0.4, -0.2) is 25.0 Å². The van der Waals surface area contributed by atoms with Gasteiger partial charge in [0, 0.05) is 36.1 Å². The molecular formula is C14H16BrN5O. The summed E-state index contributed by atoms with van der Waals surface area (Å²) in [6.45, 7) is 0. The number of nitrogen functional groups attached to an aromatic ring is 1. The molecule has 1 aromatic heterocycles. The Morgan fingerprint density at radius 3 is 2.76 bits per heavy atom. The third-order valence-electron chi connectivity index (χ3n) is 2.86. The topological polar surface area (TPSA) is 83.3 Å². The molecule has 0 bridgehead atoms. The van der Waals surface area contributed by atoms with Crippen LogP contribution in [0.3, 0.4) is 0 Å². The average molecular weight is 350 g/mol. The number of aromatic nitrogens is 1. The number of carbonyl (C=O) groups is 1. The van der Waals surface area contributed by atoms with E-state index in [-0.39, 0.29) is 5.91 Å². The lowest BCUT2D eigenvalue weighted by Crippen LogP contribution is -2.18. The Kier molecular flexibility index (Phi) is 4.77. The predicted molar refractivity (Wildman–Crippen MR) is 88.5 cm³/mol. The first-order valence-electron chi connectivity index (χ1n) is 6.22. The lowest BCUT2D eigenvalue weighted by Gasteiger charge is -2.14. The molecule has 0 aliphatic heterocycles. The molecule has 6 nitrogen and oxygen atoms in total. The number of nitrogens with one attached hydrogen (secondary N) is 2. The number of carbonyl (C=O) groups excluding carboxylic acids is 1. The SMILES string of the molecule is CN(C)c1cccc(NC(=O)c2cc(Br)cnc2NN)c1. The molecule has 4 N–H and O–H groups in total. The first-order valence-corrected chi connectivity index (χ1v) is 7.01. The van der Waals surface area contributed by atoms with Crippen LogP contribution in [0, 0.1) is 0 Å². The molecule has 0 aliphatic rings. The molecule has 1 heterocycles. The van der Waals surface area contributed by atoms with Crippen LogP contribution in [0.15, 0.2) is 41.0 Å². The minimum absolute atomic E-state index is 0.285. The third kappa shape index (κ3) is 3.71. The summed E-state index contributed by atoms with van der Waals surface area (Å²) in [7, 11) is 3.88. The Hall–Kier alpha value is -2.12. The van der Waals surface area contributed by atoms with Gasteiger partial charge in [-0.05, 0) is 40.2 Å². The van der Waals surface area contributed by atoms with Crippen LogP contribution in [0.25, 0.3) is 0 Å². The van der Waals surface area contributed by atoms with E-state index < -0.39 is 0 Å². The van der Waals surface area contributed by atoms with E-state index in [2.05, 4.69) is 31.7 Å². The summed E-state index contributed by atoms with van der Waals surface area (Å²) in [6, 6.07) is 9.22. The zero-order chi connectivity index (χ0) is 15.4. The maximum Gasteiger partial charge on any atom is 0.259 e. The second-order valence-corrected chi connectivity index (χ2v) is 5.51. The molecule has 1 amide bonds. The van der Waals surface area contributed by atoms with Crippen molar-refractivity contribution in [2.45, 2.75) is 0 Å². The van der Waals surface area contributed by atoms with Gasteiger partial charge in [-0.3, -0.25) is 4.79 Å². The molecule has 0 radical (unpaired) electrons. The van der Waals surface area contributed by atoms with Crippen molar-refractivity contribution in [1.29, 1.82) is 0 Å². The molecule has 2 aromatic rings. The Labute approximate surface area is 131 Å². The maximum atomic E-state index is 12.3. The van der Waals surface area contributed by atoms with Crippen LogP contribution >= 0.6 is 15.9 Å². The van der Waals surface area contributed by atoms with E-state index in [4.69, 9.17) is 5.84 Å². The van der Waals surface area contributed by atoms with Crippen molar-refractivity contribution in [2.24, 2.45) is 5.84 Å². The van der Waals surface area contributed by atoms with E-state index in [9.17, 15) is 4.79 Å². The molecule has 0 fully saturated rings. The van der Waals surface area contributed by atoms with Crippen molar-refractivity contribution >= 4 is 39.0 Å². The Bertz CT molecular complexity index is 660. The van der Waals surface area contributed by atoms with Crippen molar-refractivity contribution < 1.29 is 4.79 Å². The van der Waals surface area contributed by atoms with Crippen LogP contribution in [0.5, 0.6) is 0 Å². The van der Waals surface area contributed by atoms with Gasteiger partial charge in [0.15, 0.2) is 5.82 Å². The second kappa shape index (κ2) is 6.55. The van der Waals surface area contributed by atoms with Gasteiger partial charge in [-0.1, -0.05) is 6.07 Å². The van der Waals surface area contributed by atoms with Crippen LogP contribution in [-0.2, 0) is 0 Å². The number of amides is 1. The molecule has 0 saturated heterocycles. The highest BCUT2D eigenvalue weighted by atomic mass is 79.9. The summed E-state index contributed by atoms with van der Waals surface area (Å²) in [5, 5.41) is 2.83. The third-order valence-corrected chi connectivity index (χ3v) is 3.29. The molecule has 0 unspecified atom stereocenters. The number of nitrogens with zero attached hydrogens (tertiary/aromatic N) is 2. The number of nitrogens with two attached hydrogens (primary N) is 1. The van der Waals surface area contributed by atoms with Crippen LogP contribution in [0.2, 0.25) is 0 Å². The number of hydrogen-bond acceptors (Lipinski definition) is 5. The van der Waals surface area contributed by atoms with Crippen molar-refractivity contribution in [3.63, 3.8) is 0 Å². The normalized spacial score (nSPS) is 10.1. The minimum atomic E-state index is -0.285. The highest BCUT2D eigenvalue weighted by Crippen LogP contribution is 2.21. The fourth-order valence-corrected chi connectivity index (χ4v) is 2.12. The van der Waals surface area contributed by atoms with Gasteiger partial charge in [-0.15, -0.1) is 0 Å². The molecule has 21 heavy (non-hydrogen) atoms. The number of halogens is 1. The van der Waals surface area contributed by atoms with E-state index in [1.807, 2.05) is 43.3 Å². The first kappa shape index (κ1) is 15.3. The quantitative estimate of drug-likeness (QED) is 0.583. The molecule has 7 heteroatoms. The smallest absolute Gasteiger partial charge is 0.259 e. The molecule has 2 rings (SSSR count). The molecule has 110 valence electrons. The lowest BCUT2D eigenvalue weighted by atomic mass is 10.2. The molecule has 0 aliphatic carbocycles. The van der Waals surface area contributed by atoms with Crippen molar-refractivity contribution in [2.75, 3.05) is 29.7 Å². The molecular weight excluding hydrogens is 334 g/mol. The molecule has 1 aromatic carbocycles. The summed E-state index contributed by atoms with van der Waals surface area (Å²) in [4.78, 5) is 18.4. The van der Waals surface area contributed by atoms with Crippen LogP contribution < -0.4 is 21.5 Å². The molecule has 0 saturated carbocycles. The van der Waals surface area contributed by atoms with E-state index in [1.54, 1.807) is 12.3 Å². The van der Waals surface area contributed by atoms with Gasteiger partial charge in [-0.25, -0.2) is 10.8 Å². The summed E-state index contributed by atoms with van der Waals surface area (Å²) >= 11 is 3.29. The summed E-state index contributed by atoms with van der Waals surface area (Å²) in [6.07, 6.45) is 1.57. The number of anilines is 3. The van der Waals surface area contributed by atoms with Gasteiger partial charge in [-0.2, -0.15) is 0 Å². The van der Waals surface area contributed by atoms with E-state index in [0.717, 1.165) is 5.69 Å². The summed E-state index contributed by atoms with van der Waals surface area (Å²) < 4.78 is 0.702. The van der Waals surface area contributed by atoms with Gasteiger partial charge in [0.1, 0.15) is 0 Å². The number of hydrazine groups is 1. The van der Waals surface area contributed by atoms with Gasteiger partial charge in [0.25, 0.3) is 5.91 Å². The largest absolute Gasteiger partial charge is 0.378 e. The lowest BCUT2D eigenvalue weighted by molar-refractivity contribution is 0.102. The average Bonchev–Trinajstić information content (AvgIpc) is 2.47. The maximum absolute atomic E-state index is 12.3. The number of rotatable bonds is 4. The second-order valence-electron chi connectivity index (χ2n) is 4.59. The Balaban J connectivity index is 2.26. The highest BCUT2D eigenvalue weighted by molar-refractivity contribution is 9.10. The zero-order valence-electron chi connectivity index (χ0n) is 11.7. The van der Waals surface area contributed by atoms with E-state index in [0.29, 0.717) is 21.5 Å². The van der Waals surface area contributed by atoms with Crippen molar-refractivity contribution in [3.05, 3.63) is 46.6 Å². The van der Waals surface area contributed by atoms with Gasteiger partial charge >= 0.3 is 0 Å². The zero-order valence-corrected chi connectivity index (χ0v) is 13.3. The van der Waals surface area contributed by atoms with E-state index in [1.165, 1.54) is 0 Å². The Morgan fingerprint density at radius 1 is 1.33 bits per heavy atom. The standard InChI is InChI=1S/C14H16BrN5O/c1-20(2)11-5-3-4-10(7-11)18-14(21)12-6-9(15)8-17-13(12)19-16/h3-8H,16H2,1-2H3,(H,17,19)(H,18,21). The van der Waals surface area contributed by atoms with Crippen LogP contribution in [0.4, 0.5) is 17.2 Å². The molecule has 0 atom stereocenters. The first-order chi connectivity index (χ1) is 10.0. The predicted octanol–water partition coefficient (Wildman–Crippen LogP) is 2.45. The van der Waals surface area contributed by atoms with Gasteiger partial charge < -0.3 is 15.6 Å². The summed E-state index contributed by atoms with van der Waals surface area (Å²) in [5.74, 6) is 5.42. The van der Waals surface area contributed by atoms with Crippen molar-refractivity contribution in [3.8, 4) is 0 Å². The molecule has 0 spiro atoms. The minimum Gasteiger partial charge on any atom is -0.378 e. The number of pyridine rings is 1. The number of benzene rings is 1. The monoisotopic (exact) mass is 349 g/mol. The van der Waals surface area contributed by atoms with Crippen LogP contribution in [0.1, 0.15) is 10.4 Å². The van der Waals surface area contributed by atoms with Gasteiger partial charge in [0.2, 0.25) is 0 Å². The van der Waals surface area contributed by atoms with E-state index >= 15 is 0 Å². The van der Waals surface area contributed by atoms with Gasteiger partial charge in [0.05, 0.1) is 5.56 Å². The number of hydrogen-bond donors (Lipinski definition) is 3. The Morgan fingerprint density at radius 2 is 2.10 bits per heavy atom. The summed E-state index contributed by atoms with van der Waals surface area (Å²) in [5.41, 5.74) is 4.48. The fraction of sp³-hybridized carbons (Fsp3) is 0.143. The highest BCUT2D eigenvalue weighted by Gasteiger charge is 2.13. The van der Waals surface area contributed by atoms with Crippen molar-refractivity contribution in [1.82, 2.24) is 4.98 Å². The fourth-order valence-electron chi connectivity index (χ4n) is 1.79.